The molecule has 0 atom stereocenters. The molecule has 2 aromatic carbocycles. The molecule has 116 valence electrons. The number of benzene rings is 2. The molecular formula is C16H12FN3O2S. The minimum Gasteiger partial charge on any atom is -0.496 e. The van der Waals surface area contributed by atoms with Crippen LogP contribution in [0, 0.1) is 5.82 Å². The molecule has 0 aliphatic carbocycles. The minimum absolute atomic E-state index is 0.0402. The minimum atomic E-state index is -0.584. The van der Waals surface area contributed by atoms with Gasteiger partial charge in [-0.2, -0.15) is 0 Å². The second kappa shape index (κ2) is 6.53. The number of aromatic nitrogens is 2. The quantitative estimate of drug-likeness (QED) is 0.794. The average molecular weight is 329 g/mol. The number of hydrogen-bond acceptors (Lipinski definition) is 5. The maximum atomic E-state index is 13.6. The molecule has 1 amide bonds. The molecule has 0 saturated carbocycles. The molecule has 0 radical (unpaired) electrons. The van der Waals surface area contributed by atoms with Crippen molar-refractivity contribution in [2.75, 3.05) is 12.4 Å². The summed E-state index contributed by atoms with van der Waals surface area (Å²) in [5.41, 5.74) is 0.737. The van der Waals surface area contributed by atoms with Gasteiger partial charge >= 0.3 is 0 Å². The van der Waals surface area contributed by atoms with Gasteiger partial charge in [0, 0.05) is 0 Å². The average Bonchev–Trinajstić information content (AvgIpc) is 3.03. The van der Waals surface area contributed by atoms with Gasteiger partial charge in [-0.15, -0.1) is 10.2 Å². The third-order valence-corrected chi connectivity index (χ3v) is 3.97. The van der Waals surface area contributed by atoms with E-state index < -0.39 is 11.7 Å². The summed E-state index contributed by atoms with van der Waals surface area (Å²) in [7, 11) is 1.57. The van der Waals surface area contributed by atoms with E-state index in [9.17, 15) is 9.18 Å². The van der Waals surface area contributed by atoms with Gasteiger partial charge in [-0.25, -0.2) is 4.39 Å². The molecule has 3 rings (SSSR count). The molecular weight excluding hydrogens is 317 g/mol. The first-order valence-corrected chi connectivity index (χ1v) is 7.53. The molecule has 5 nitrogen and oxygen atoms in total. The predicted molar refractivity (Wildman–Crippen MR) is 86.3 cm³/mol. The second-order valence-electron chi connectivity index (χ2n) is 4.55. The first-order chi connectivity index (χ1) is 11.2. The van der Waals surface area contributed by atoms with Crippen molar-refractivity contribution in [1.29, 1.82) is 0 Å². The standard InChI is InChI=1S/C16H12FN3O2S/c1-22-13-9-5-3-7-11(13)15-19-20-16(23-15)18-14(21)10-6-2-4-8-12(10)17/h2-9H,1H3,(H,18,20,21). The largest absolute Gasteiger partial charge is 0.496 e. The van der Waals surface area contributed by atoms with Crippen molar-refractivity contribution in [3.05, 3.63) is 59.9 Å². The number of rotatable bonds is 4. The van der Waals surface area contributed by atoms with Crippen molar-refractivity contribution in [2.45, 2.75) is 0 Å². The van der Waals surface area contributed by atoms with E-state index >= 15 is 0 Å². The summed E-state index contributed by atoms with van der Waals surface area (Å²) in [6, 6.07) is 13.1. The normalized spacial score (nSPS) is 10.3. The Morgan fingerprint density at radius 2 is 1.87 bits per heavy atom. The van der Waals surface area contributed by atoms with Crippen LogP contribution in [0.25, 0.3) is 10.6 Å². The van der Waals surface area contributed by atoms with Crippen molar-refractivity contribution in [3.63, 3.8) is 0 Å². The zero-order valence-electron chi connectivity index (χ0n) is 12.1. The van der Waals surface area contributed by atoms with Crippen LogP contribution in [0.4, 0.5) is 9.52 Å². The van der Waals surface area contributed by atoms with E-state index in [1.54, 1.807) is 13.2 Å². The van der Waals surface area contributed by atoms with Crippen LogP contribution in [-0.2, 0) is 0 Å². The molecule has 0 aliphatic rings. The van der Waals surface area contributed by atoms with Crippen molar-refractivity contribution >= 4 is 22.4 Å². The predicted octanol–water partition coefficient (Wildman–Crippen LogP) is 3.61. The van der Waals surface area contributed by atoms with Gasteiger partial charge in [-0.3, -0.25) is 10.1 Å². The fraction of sp³-hybridized carbons (Fsp3) is 0.0625. The number of amides is 1. The molecule has 0 aliphatic heterocycles. The zero-order valence-corrected chi connectivity index (χ0v) is 12.9. The molecule has 7 heteroatoms. The molecule has 1 heterocycles. The smallest absolute Gasteiger partial charge is 0.260 e. The van der Waals surface area contributed by atoms with Gasteiger partial charge in [0.15, 0.2) is 5.01 Å². The third-order valence-electron chi connectivity index (χ3n) is 3.10. The Bertz CT molecular complexity index is 851. The summed E-state index contributed by atoms with van der Waals surface area (Å²) >= 11 is 1.19. The first-order valence-electron chi connectivity index (χ1n) is 6.72. The topological polar surface area (TPSA) is 64.1 Å². The Balaban J connectivity index is 1.83. The third kappa shape index (κ3) is 3.19. The lowest BCUT2D eigenvalue weighted by molar-refractivity contribution is 0.102. The lowest BCUT2D eigenvalue weighted by Gasteiger charge is -2.04. The lowest BCUT2D eigenvalue weighted by Crippen LogP contribution is -2.13. The molecule has 23 heavy (non-hydrogen) atoms. The van der Waals surface area contributed by atoms with E-state index in [1.807, 2.05) is 24.3 Å². The van der Waals surface area contributed by atoms with Crippen LogP contribution in [0.1, 0.15) is 10.4 Å². The summed E-state index contributed by atoms with van der Waals surface area (Å²) in [6.45, 7) is 0. The van der Waals surface area contributed by atoms with Crippen LogP contribution in [0.3, 0.4) is 0 Å². The molecule has 0 spiro atoms. The fourth-order valence-corrected chi connectivity index (χ4v) is 2.78. The van der Waals surface area contributed by atoms with Gasteiger partial charge in [-0.1, -0.05) is 35.6 Å². The first kappa shape index (κ1) is 15.1. The highest BCUT2D eigenvalue weighted by molar-refractivity contribution is 7.18. The number of hydrogen-bond donors (Lipinski definition) is 1. The van der Waals surface area contributed by atoms with Crippen LogP contribution in [0.5, 0.6) is 5.75 Å². The summed E-state index contributed by atoms with van der Waals surface area (Å²) in [5, 5.41) is 11.4. The SMILES string of the molecule is COc1ccccc1-c1nnc(NC(=O)c2ccccc2F)s1. The van der Waals surface area contributed by atoms with Crippen LogP contribution in [-0.4, -0.2) is 23.2 Å². The molecule has 0 fully saturated rings. The molecule has 0 bridgehead atoms. The number of carbonyl (C=O) groups is 1. The Kier molecular flexibility index (Phi) is 4.29. The summed E-state index contributed by atoms with van der Waals surface area (Å²) in [6.07, 6.45) is 0. The van der Waals surface area contributed by atoms with Crippen molar-refractivity contribution in [2.24, 2.45) is 0 Å². The van der Waals surface area contributed by atoms with E-state index in [1.165, 1.54) is 29.5 Å². The number of ether oxygens (including phenoxy) is 1. The van der Waals surface area contributed by atoms with Crippen molar-refractivity contribution in [1.82, 2.24) is 10.2 Å². The maximum absolute atomic E-state index is 13.6. The van der Waals surface area contributed by atoms with E-state index in [0.717, 1.165) is 5.56 Å². The molecule has 1 aromatic heterocycles. The van der Waals surface area contributed by atoms with E-state index in [-0.39, 0.29) is 5.56 Å². The van der Waals surface area contributed by atoms with Crippen LogP contribution < -0.4 is 10.1 Å². The number of nitrogens with zero attached hydrogens (tertiary/aromatic N) is 2. The monoisotopic (exact) mass is 329 g/mol. The van der Waals surface area contributed by atoms with Crippen LogP contribution >= 0.6 is 11.3 Å². The number of anilines is 1. The van der Waals surface area contributed by atoms with Gasteiger partial charge in [0.25, 0.3) is 5.91 Å². The lowest BCUT2D eigenvalue weighted by atomic mass is 10.2. The summed E-state index contributed by atoms with van der Waals surface area (Å²) < 4.78 is 18.9. The Labute approximate surface area is 135 Å². The molecule has 1 N–H and O–H groups in total. The number of para-hydroxylation sites is 1. The highest BCUT2D eigenvalue weighted by Crippen LogP contribution is 2.33. The second-order valence-corrected chi connectivity index (χ2v) is 5.52. The molecule has 0 unspecified atom stereocenters. The van der Waals surface area contributed by atoms with Gasteiger partial charge in [-0.05, 0) is 24.3 Å². The van der Waals surface area contributed by atoms with E-state index in [0.29, 0.717) is 15.9 Å². The highest BCUT2D eigenvalue weighted by atomic mass is 32.1. The molecule has 3 aromatic rings. The summed E-state index contributed by atoms with van der Waals surface area (Å²) in [5.74, 6) is -0.485. The van der Waals surface area contributed by atoms with E-state index in [4.69, 9.17) is 4.74 Å². The van der Waals surface area contributed by atoms with Gasteiger partial charge in [0.05, 0.1) is 18.2 Å². The number of nitrogens with one attached hydrogen (secondary N) is 1. The van der Waals surface area contributed by atoms with Crippen molar-refractivity contribution in [3.8, 4) is 16.3 Å². The van der Waals surface area contributed by atoms with Crippen LogP contribution in [0.15, 0.2) is 48.5 Å². The zero-order chi connectivity index (χ0) is 16.2. The number of carbonyl (C=O) groups excluding carboxylic acids is 1. The molecule has 0 saturated heterocycles. The van der Waals surface area contributed by atoms with Gasteiger partial charge in [0.1, 0.15) is 11.6 Å². The highest BCUT2D eigenvalue weighted by Gasteiger charge is 2.15. The van der Waals surface area contributed by atoms with Crippen LogP contribution in [0.2, 0.25) is 0 Å². The Morgan fingerprint density at radius 3 is 2.65 bits per heavy atom. The maximum Gasteiger partial charge on any atom is 0.260 e. The number of methoxy groups -OCH3 is 1. The van der Waals surface area contributed by atoms with Gasteiger partial charge in [0.2, 0.25) is 5.13 Å². The number of halogens is 1. The van der Waals surface area contributed by atoms with Crippen molar-refractivity contribution < 1.29 is 13.9 Å². The van der Waals surface area contributed by atoms with E-state index in [2.05, 4.69) is 15.5 Å². The van der Waals surface area contributed by atoms with Gasteiger partial charge < -0.3 is 4.74 Å². The Morgan fingerprint density at radius 1 is 1.13 bits per heavy atom. The fourth-order valence-electron chi connectivity index (χ4n) is 2.01. The Hall–Kier alpha value is -2.80. The summed E-state index contributed by atoms with van der Waals surface area (Å²) in [4.78, 5) is 12.1.